The summed E-state index contributed by atoms with van der Waals surface area (Å²) in [5.74, 6) is -0.383. The Morgan fingerprint density at radius 3 is 2.33 bits per heavy atom. The second-order valence-electron chi connectivity index (χ2n) is 4.22. The van der Waals surface area contributed by atoms with Gasteiger partial charge in [0.15, 0.2) is 0 Å². The van der Waals surface area contributed by atoms with Gasteiger partial charge >= 0.3 is 5.97 Å². The number of carbonyl (C=O) groups is 2. The molecule has 0 aliphatic carbocycles. The summed E-state index contributed by atoms with van der Waals surface area (Å²) in [6, 6.07) is 0. The maximum absolute atomic E-state index is 11.9. The predicted octanol–water partition coefficient (Wildman–Crippen LogP) is 1.38. The van der Waals surface area contributed by atoms with Crippen LogP contribution in [0.3, 0.4) is 0 Å². The minimum atomic E-state index is -0.309. The number of esters is 1. The molecule has 0 bridgehead atoms. The van der Waals surface area contributed by atoms with Crippen LogP contribution in [0.5, 0.6) is 0 Å². The first-order valence-corrected chi connectivity index (χ1v) is 6.00. The number of hydrogen-bond acceptors (Lipinski definition) is 4. The van der Waals surface area contributed by atoms with E-state index in [1.54, 1.807) is 18.1 Å². The van der Waals surface area contributed by atoms with Gasteiger partial charge in [0.1, 0.15) is 0 Å². The van der Waals surface area contributed by atoms with E-state index in [1.807, 2.05) is 13.8 Å². The highest BCUT2D eigenvalue weighted by Crippen LogP contribution is 2.01. The van der Waals surface area contributed by atoms with Gasteiger partial charge in [0.05, 0.1) is 13.5 Å². The van der Waals surface area contributed by atoms with E-state index in [0.29, 0.717) is 19.7 Å². The smallest absolute Gasteiger partial charge is 0.307 e. The summed E-state index contributed by atoms with van der Waals surface area (Å²) < 4.78 is 9.52. The summed E-state index contributed by atoms with van der Waals surface area (Å²) in [5, 5.41) is 0. The van der Waals surface area contributed by atoms with Crippen LogP contribution in [0.15, 0.2) is 11.6 Å². The van der Waals surface area contributed by atoms with E-state index in [2.05, 4.69) is 4.74 Å². The first-order chi connectivity index (χ1) is 8.51. The fraction of sp³-hybridized carbons (Fsp3) is 0.692. The maximum Gasteiger partial charge on any atom is 0.307 e. The highest BCUT2D eigenvalue weighted by molar-refractivity contribution is 5.88. The zero-order valence-corrected chi connectivity index (χ0v) is 11.7. The highest BCUT2D eigenvalue weighted by atomic mass is 16.5. The lowest BCUT2D eigenvalue weighted by Gasteiger charge is -2.20. The first kappa shape index (κ1) is 16.6. The topological polar surface area (TPSA) is 55.8 Å². The summed E-state index contributed by atoms with van der Waals surface area (Å²) in [5.41, 5.74) is 0.940. The molecule has 1 amide bonds. The molecule has 0 rings (SSSR count). The predicted molar refractivity (Wildman–Crippen MR) is 69.1 cm³/mol. The van der Waals surface area contributed by atoms with Gasteiger partial charge in [-0.1, -0.05) is 5.57 Å². The van der Waals surface area contributed by atoms with Crippen molar-refractivity contribution in [2.45, 2.75) is 26.7 Å². The second kappa shape index (κ2) is 9.65. The van der Waals surface area contributed by atoms with E-state index in [0.717, 1.165) is 12.0 Å². The van der Waals surface area contributed by atoms with Gasteiger partial charge in [-0.2, -0.15) is 0 Å². The third kappa shape index (κ3) is 7.84. The number of methoxy groups -OCH3 is 2. The molecule has 104 valence electrons. The van der Waals surface area contributed by atoms with E-state index >= 15 is 0 Å². The standard InChI is InChI=1S/C13H23NO4/c1-11(2)10-12(15)14(7-5-9-17-3)8-6-13(16)18-4/h10H,5-9H2,1-4H3. The van der Waals surface area contributed by atoms with Crippen LogP contribution in [0.25, 0.3) is 0 Å². The van der Waals surface area contributed by atoms with E-state index in [4.69, 9.17) is 4.74 Å². The Labute approximate surface area is 109 Å². The number of allylic oxidation sites excluding steroid dienone is 1. The minimum Gasteiger partial charge on any atom is -0.469 e. The lowest BCUT2D eigenvalue weighted by Crippen LogP contribution is -2.33. The molecule has 0 spiro atoms. The van der Waals surface area contributed by atoms with Crippen molar-refractivity contribution in [3.8, 4) is 0 Å². The molecule has 0 fully saturated rings. The lowest BCUT2D eigenvalue weighted by atomic mass is 10.2. The number of carbonyl (C=O) groups excluding carboxylic acids is 2. The molecule has 0 aromatic carbocycles. The van der Waals surface area contributed by atoms with Crippen LogP contribution in [0.2, 0.25) is 0 Å². The number of hydrogen-bond donors (Lipinski definition) is 0. The van der Waals surface area contributed by atoms with Gasteiger partial charge < -0.3 is 14.4 Å². The average Bonchev–Trinajstić information content (AvgIpc) is 2.32. The van der Waals surface area contributed by atoms with Gasteiger partial charge in [-0.15, -0.1) is 0 Å². The number of nitrogens with zero attached hydrogens (tertiary/aromatic N) is 1. The Hall–Kier alpha value is -1.36. The van der Waals surface area contributed by atoms with Crippen LogP contribution >= 0.6 is 0 Å². The summed E-state index contributed by atoms with van der Waals surface area (Å²) >= 11 is 0. The molecule has 5 nitrogen and oxygen atoms in total. The monoisotopic (exact) mass is 257 g/mol. The number of amides is 1. The number of ether oxygens (including phenoxy) is 2. The fourth-order valence-corrected chi connectivity index (χ4v) is 1.40. The molecule has 0 N–H and O–H groups in total. The van der Waals surface area contributed by atoms with Crippen LogP contribution in [0.1, 0.15) is 26.7 Å². The van der Waals surface area contributed by atoms with Crippen LogP contribution in [0.4, 0.5) is 0 Å². The van der Waals surface area contributed by atoms with Crippen molar-refractivity contribution in [1.29, 1.82) is 0 Å². The van der Waals surface area contributed by atoms with E-state index < -0.39 is 0 Å². The average molecular weight is 257 g/mol. The molecule has 0 heterocycles. The van der Waals surface area contributed by atoms with E-state index in [-0.39, 0.29) is 18.3 Å². The second-order valence-corrected chi connectivity index (χ2v) is 4.22. The molecule has 5 heteroatoms. The summed E-state index contributed by atoms with van der Waals surface area (Å²) in [6.07, 6.45) is 2.54. The Kier molecular flexibility index (Phi) is 8.92. The summed E-state index contributed by atoms with van der Waals surface area (Å²) in [7, 11) is 2.96. The molecular formula is C13H23NO4. The zero-order valence-electron chi connectivity index (χ0n) is 11.7. The third-order valence-corrected chi connectivity index (χ3v) is 2.31. The Bertz CT molecular complexity index is 295. The van der Waals surface area contributed by atoms with Crippen molar-refractivity contribution in [3.05, 3.63) is 11.6 Å². The minimum absolute atomic E-state index is 0.0741. The molecule has 0 saturated heterocycles. The SMILES string of the molecule is COCCCN(CCC(=O)OC)C(=O)C=C(C)C. The Balaban J connectivity index is 4.36. The van der Waals surface area contributed by atoms with Crippen LogP contribution in [0, 0.1) is 0 Å². The van der Waals surface area contributed by atoms with Gasteiger partial charge in [-0.05, 0) is 20.3 Å². The van der Waals surface area contributed by atoms with E-state index in [9.17, 15) is 9.59 Å². The largest absolute Gasteiger partial charge is 0.469 e. The number of rotatable bonds is 8. The van der Waals surface area contributed by atoms with Gasteiger partial charge in [-0.25, -0.2) is 0 Å². The van der Waals surface area contributed by atoms with Crippen molar-refractivity contribution in [2.75, 3.05) is 33.9 Å². The summed E-state index contributed by atoms with van der Waals surface area (Å²) in [4.78, 5) is 24.6. The van der Waals surface area contributed by atoms with Crippen LogP contribution < -0.4 is 0 Å². The van der Waals surface area contributed by atoms with Crippen molar-refractivity contribution in [2.24, 2.45) is 0 Å². The van der Waals surface area contributed by atoms with Crippen LogP contribution in [-0.2, 0) is 19.1 Å². The van der Waals surface area contributed by atoms with Crippen molar-refractivity contribution in [1.82, 2.24) is 4.90 Å². The van der Waals surface area contributed by atoms with Crippen LogP contribution in [-0.4, -0.2) is 50.7 Å². The quantitative estimate of drug-likeness (QED) is 0.374. The maximum atomic E-state index is 11.9. The zero-order chi connectivity index (χ0) is 14.0. The summed E-state index contributed by atoms with van der Waals surface area (Å²) in [6.45, 7) is 5.28. The van der Waals surface area contributed by atoms with Gasteiger partial charge in [0, 0.05) is 32.9 Å². The Morgan fingerprint density at radius 2 is 1.83 bits per heavy atom. The highest BCUT2D eigenvalue weighted by Gasteiger charge is 2.12. The van der Waals surface area contributed by atoms with Crippen molar-refractivity contribution >= 4 is 11.9 Å². The molecule has 0 aliphatic rings. The first-order valence-electron chi connectivity index (χ1n) is 6.00. The normalized spacial score (nSPS) is 9.78. The third-order valence-electron chi connectivity index (χ3n) is 2.31. The molecule has 0 unspecified atom stereocenters. The molecular weight excluding hydrogens is 234 g/mol. The molecule has 0 aliphatic heterocycles. The molecule has 0 atom stereocenters. The van der Waals surface area contributed by atoms with Gasteiger partial charge in [0.25, 0.3) is 0 Å². The molecule has 0 radical (unpaired) electrons. The van der Waals surface area contributed by atoms with Crippen molar-refractivity contribution in [3.63, 3.8) is 0 Å². The van der Waals surface area contributed by atoms with Gasteiger partial charge in [-0.3, -0.25) is 9.59 Å². The molecule has 0 saturated carbocycles. The fourth-order valence-electron chi connectivity index (χ4n) is 1.40. The molecule has 0 aromatic heterocycles. The van der Waals surface area contributed by atoms with Gasteiger partial charge in [0.2, 0.25) is 5.91 Å². The molecule has 0 aromatic rings. The van der Waals surface area contributed by atoms with E-state index in [1.165, 1.54) is 7.11 Å². The van der Waals surface area contributed by atoms with Crippen molar-refractivity contribution < 1.29 is 19.1 Å². The molecule has 18 heavy (non-hydrogen) atoms. The lowest BCUT2D eigenvalue weighted by molar-refractivity contribution is -0.141. The Morgan fingerprint density at radius 1 is 1.17 bits per heavy atom.